The number of aromatic nitrogens is 1. The van der Waals surface area contributed by atoms with Crippen LogP contribution in [-0.2, 0) is 6.42 Å². The van der Waals surface area contributed by atoms with Gasteiger partial charge in [-0.25, -0.2) is 0 Å². The first-order valence-electron chi connectivity index (χ1n) is 4.80. The first-order chi connectivity index (χ1) is 7.27. The molecule has 0 radical (unpaired) electrons. The van der Waals surface area contributed by atoms with Crippen molar-refractivity contribution in [1.29, 1.82) is 0 Å². The van der Waals surface area contributed by atoms with E-state index in [1.807, 2.05) is 25.1 Å². The SMILES string of the molecule is C=CCc1c(OC)ccc2c(C)noc12. The summed E-state index contributed by atoms with van der Waals surface area (Å²) in [5.74, 6) is 0.818. The van der Waals surface area contributed by atoms with E-state index in [1.165, 1.54) is 0 Å². The number of rotatable bonds is 3. The molecule has 15 heavy (non-hydrogen) atoms. The van der Waals surface area contributed by atoms with Gasteiger partial charge in [-0.15, -0.1) is 6.58 Å². The van der Waals surface area contributed by atoms with E-state index >= 15 is 0 Å². The molecule has 0 saturated heterocycles. The van der Waals surface area contributed by atoms with Gasteiger partial charge in [0.25, 0.3) is 0 Å². The number of aryl methyl sites for hydroxylation is 1. The molecule has 2 rings (SSSR count). The molecule has 0 N–H and O–H groups in total. The van der Waals surface area contributed by atoms with Gasteiger partial charge in [0.1, 0.15) is 5.75 Å². The second kappa shape index (κ2) is 3.77. The number of methoxy groups -OCH3 is 1. The van der Waals surface area contributed by atoms with Crippen LogP contribution in [-0.4, -0.2) is 12.3 Å². The molecule has 2 aromatic rings. The number of hydrogen-bond acceptors (Lipinski definition) is 3. The fourth-order valence-electron chi connectivity index (χ4n) is 1.69. The zero-order valence-corrected chi connectivity index (χ0v) is 8.91. The van der Waals surface area contributed by atoms with Gasteiger partial charge in [-0.3, -0.25) is 0 Å². The summed E-state index contributed by atoms with van der Waals surface area (Å²) in [6, 6.07) is 3.90. The Labute approximate surface area is 88.3 Å². The lowest BCUT2D eigenvalue weighted by atomic mass is 10.1. The van der Waals surface area contributed by atoms with Gasteiger partial charge in [0.2, 0.25) is 0 Å². The molecule has 0 unspecified atom stereocenters. The zero-order chi connectivity index (χ0) is 10.8. The van der Waals surface area contributed by atoms with Gasteiger partial charge in [0.05, 0.1) is 12.8 Å². The van der Waals surface area contributed by atoms with Crippen LogP contribution in [0.5, 0.6) is 5.75 Å². The summed E-state index contributed by atoms with van der Waals surface area (Å²) in [5.41, 5.74) is 2.70. The van der Waals surface area contributed by atoms with E-state index in [-0.39, 0.29) is 0 Å². The molecule has 0 spiro atoms. The number of nitrogens with zero attached hydrogens (tertiary/aromatic N) is 1. The van der Waals surface area contributed by atoms with Crippen molar-refractivity contribution < 1.29 is 9.26 Å². The molecule has 0 fully saturated rings. The summed E-state index contributed by atoms with van der Waals surface area (Å²) < 4.78 is 10.6. The van der Waals surface area contributed by atoms with Crippen molar-refractivity contribution in [3.8, 4) is 5.75 Å². The number of hydrogen-bond donors (Lipinski definition) is 0. The van der Waals surface area contributed by atoms with Crippen LogP contribution in [0.4, 0.5) is 0 Å². The van der Waals surface area contributed by atoms with Crippen molar-refractivity contribution in [3.05, 3.63) is 36.0 Å². The van der Waals surface area contributed by atoms with Crippen LogP contribution in [0.15, 0.2) is 29.3 Å². The Bertz CT molecular complexity index is 500. The average molecular weight is 203 g/mol. The van der Waals surface area contributed by atoms with Crippen molar-refractivity contribution in [2.24, 2.45) is 0 Å². The number of fused-ring (bicyclic) bond motifs is 1. The lowest BCUT2D eigenvalue weighted by molar-refractivity contribution is 0.406. The first-order valence-corrected chi connectivity index (χ1v) is 4.80. The Hall–Kier alpha value is -1.77. The second-order valence-electron chi connectivity index (χ2n) is 3.38. The molecule has 1 aromatic heterocycles. The molecule has 0 aliphatic carbocycles. The molecule has 78 valence electrons. The lowest BCUT2D eigenvalue weighted by Gasteiger charge is -2.05. The standard InChI is InChI=1S/C12H13NO2/c1-4-5-10-11(14-3)7-6-9-8(2)13-15-12(9)10/h4,6-7H,1,5H2,2-3H3. The molecule has 0 atom stereocenters. The first kappa shape index (κ1) is 9.77. The maximum atomic E-state index is 5.30. The van der Waals surface area contributed by atoms with Crippen LogP contribution in [0.25, 0.3) is 11.0 Å². The Morgan fingerprint density at radius 3 is 3.00 bits per heavy atom. The number of benzene rings is 1. The summed E-state index contributed by atoms with van der Waals surface area (Å²) in [4.78, 5) is 0. The predicted molar refractivity (Wildman–Crippen MR) is 59.2 cm³/mol. The maximum Gasteiger partial charge on any atom is 0.174 e. The maximum absolute atomic E-state index is 5.30. The third kappa shape index (κ3) is 1.50. The highest BCUT2D eigenvalue weighted by Crippen LogP contribution is 2.30. The van der Waals surface area contributed by atoms with Crippen molar-refractivity contribution in [2.75, 3.05) is 7.11 Å². The third-order valence-electron chi connectivity index (χ3n) is 2.45. The van der Waals surface area contributed by atoms with E-state index < -0.39 is 0 Å². The molecule has 1 heterocycles. The average Bonchev–Trinajstić information content (AvgIpc) is 2.62. The van der Waals surface area contributed by atoms with Crippen molar-refractivity contribution >= 4 is 11.0 Å². The van der Waals surface area contributed by atoms with E-state index in [9.17, 15) is 0 Å². The molecule has 3 nitrogen and oxygen atoms in total. The van der Waals surface area contributed by atoms with Gasteiger partial charge >= 0.3 is 0 Å². The van der Waals surface area contributed by atoms with Gasteiger partial charge in [0.15, 0.2) is 5.58 Å². The summed E-state index contributed by atoms with van der Waals surface area (Å²) in [6.07, 6.45) is 2.55. The Balaban J connectivity index is 2.72. The number of allylic oxidation sites excluding steroid dienone is 1. The van der Waals surface area contributed by atoms with E-state index in [4.69, 9.17) is 9.26 Å². The van der Waals surface area contributed by atoms with Crippen molar-refractivity contribution in [2.45, 2.75) is 13.3 Å². The highest BCUT2D eigenvalue weighted by molar-refractivity contribution is 5.84. The highest BCUT2D eigenvalue weighted by Gasteiger charge is 2.12. The Kier molecular flexibility index (Phi) is 2.46. The second-order valence-corrected chi connectivity index (χ2v) is 3.38. The summed E-state index contributed by atoms with van der Waals surface area (Å²) >= 11 is 0. The topological polar surface area (TPSA) is 35.3 Å². The summed E-state index contributed by atoms with van der Waals surface area (Å²) in [7, 11) is 1.65. The van der Waals surface area contributed by atoms with Crippen LogP contribution < -0.4 is 4.74 Å². The lowest BCUT2D eigenvalue weighted by Crippen LogP contribution is -1.91. The molecular weight excluding hydrogens is 190 g/mol. The van der Waals surface area contributed by atoms with Gasteiger partial charge in [-0.2, -0.15) is 0 Å². The molecule has 3 heteroatoms. The van der Waals surface area contributed by atoms with Gasteiger partial charge in [-0.1, -0.05) is 11.2 Å². The van der Waals surface area contributed by atoms with Gasteiger partial charge in [-0.05, 0) is 25.5 Å². The summed E-state index contributed by atoms with van der Waals surface area (Å²) in [5, 5.41) is 4.98. The van der Waals surface area contributed by atoms with Gasteiger partial charge < -0.3 is 9.26 Å². The quantitative estimate of drug-likeness (QED) is 0.719. The van der Waals surface area contributed by atoms with Crippen LogP contribution in [0, 0.1) is 6.92 Å². The van der Waals surface area contributed by atoms with E-state index in [0.29, 0.717) is 0 Å². The minimum absolute atomic E-state index is 0.717. The normalized spacial score (nSPS) is 10.5. The monoisotopic (exact) mass is 203 g/mol. The van der Waals surface area contributed by atoms with E-state index in [1.54, 1.807) is 7.11 Å². The Morgan fingerprint density at radius 1 is 1.53 bits per heavy atom. The largest absolute Gasteiger partial charge is 0.496 e. The van der Waals surface area contributed by atoms with Crippen LogP contribution in [0.2, 0.25) is 0 Å². The van der Waals surface area contributed by atoms with E-state index in [0.717, 1.165) is 34.4 Å². The molecule has 1 aromatic carbocycles. The molecule has 0 saturated carbocycles. The highest BCUT2D eigenvalue weighted by atomic mass is 16.5. The smallest absolute Gasteiger partial charge is 0.174 e. The van der Waals surface area contributed by atoms with Crippen LogP contribution >= 0.6 is 0 Å². The minimum atomic E-state index is 0.717. The van der Waals surface area contributed by atoms with Crippen molar-refractivity contribution in [1.82, 2.24) is 5.16 Å². The van der Waals surface area contributed by atoms with Crippen LogP contribution in [0.3, 0.4) is 0 Å². The predicted octanol–water partition coefficient (Wildman–Crippen LogP) is 2.87. The molecule has 0 aliphatic heterocycles. The zero-order valence-electron chi connectivity index (χ0n) is 8.91. The fraction of sp³-hybridized carbons (Fsp3) is 0.250. The van der Waals surface area contributed by atoms with Crippen molar-refractivity contribution in [3.63, 3.8) is 0 Å². The fourth-order valence-corrected chi connectivity index (χ4v) is 1.69. The molecule has 0 aliphatic rings. The molecular formula is C12H13NO2. The van der Waals surface area contributed by atoms with E-state index in [2.05, 4.69) is 11.7 Å². The van der Waals surface area contributed by atoms with Gasteiger partial charge in [0, 0.05) is 10.9 Å². The van der Waals surface area contributed by atoms with Crippen LogP contribution in [0.1, 0.15) is 11.3 Å². The minimum Gasteiger partial charge on any atom is -0.496 e. The third-order valence-corrected chi connectivity index (χ3v) is 2.45. The Morgan fingerprint density at radius 2 is 2.33 bits per heavy atom. The molecule has 0 bridgehead atoms. The molecule has 0 amide bonds. The number of ether oxygens (including phenoxy) is 1. The summed E-state index contributed by atoms with van der Waals surface area (Å²) in [6.45, 7) is 5.65.